The summed E-state index contributed by atoms with van der Waals surface area (Å²) in [4.78, 5) is 12.7. The summed E-state index contributed by atoms with van der Waals surface area (Å²) in [7, 11) is 1.62. The quantitative estimate of drug-likeness (QED) is 0.448. The van der Waals surface area contributed by atoms with Crippen LogP contribution in [0.4, 0.5) is 5.13 Å². The van der Waals surface area contributed by atoms with Crippen LogP contribution in [0.1, 0.15) is 13.3 Å². The summed E-state index contributed by atoms with van der Waals surface area (Å²) >= 11 is 1.31. The van der Waals surface area contributed by atoms with Crippen LogP contribution in [0.25, 0.3) is 21.3 Å². The van der Waals surface area contributed by atoms with Crippen LogP contribution in [0.3, 0.4) is 0 Å². The normalized spacial score (nSPS) is 11.8. The average Bonchev–Trinajstić information content (AvgIpc) is 3.25. The highest BCUT2D eigenvalue weighted by molar-refractivity contribution is 7.18. The monoisotopic (exact) mass is 419 g/mol. The van der Waals surface area contributed by atoms with Gasteiger partial charge < -0.3 is 9.47 Å². The fourth-order valence-corrected chi connectivity index (χ4v) is 3.79. The van der Waals surface area contributed by atoms with Gasteiger partial charge >= 0.3 is 0 Å². The molecule has 6 nitrogen and oxygen atoms in total. The molecule has 7 heteroatoms. The molecule has 4 rings (SSSR count). The molecule has 4 aromatic rings. The van der Waals surface area contributed by atoms with Gasteiger partial charge in [0.15, 0.2) is 6.10 Å². The zero-order valence-corrected chi connectivity index (χ0v) is 17.5. The Kier molecular flexibility index (Phi) is 5.90. The van der Waals surface area contributed by atoms with Crippen molar-refractivity contribution in [3.8, 4) is 22.1 Å². The molecule has 1 atom stereocenters. The first-order valence-corrected chi connectivity index (χ1v) is 10.4. The Bertz CT molecular complexity index is 1160. The summed E-state index contributed by atoms with van der Waals surface area (Å²) in [5, 5.41) is 14.4. The van der Waals surface area contributed by atoms with E-state index in [1.54, 1.807) is 7.11 Å². The minimum atomic E-state index is -0.625. The average molecular weight is 420 g/mol. The zero-order valence-electron chi connectivity index (χ0n) is 16.7. The zero-order chi connectivity index (χ0) is 20.9. The third kappa shape index (κ3) is 4.41. The van der Waals surface area contributed by atoms with Gasteiger partial charge in [0.05, 0.1) is 7.11 Å². The number of anilines is 1. The molecule has 0 spiro atoms. The van der Waals surface area contributed by atoms with E-state index < -0.39 is 6.10 Å². The Balaban J connectivity index is 1.44. The molecular formula is C23H21N3O3S. The molecule has 1 N–H and O–H groups in total. The number of hydrogen-bond acceptors (Lipinski definition) is 6. The van der Waals surface area contributed by atoms with Gasteiger partial charge in [0.25, 0.3) is 5.91 Å². The van der Waals surface area contributed by atoms with E-state index >= 15 is 0 Å². The summed E-state index contributed by atoms with van der Waals surface area (Å²) in [5.41, 5.74) is 0.910. The van der Waals surface area contributed by atoms with E-state index in [4.69, 9.17) is 9.47 Å². The van der Waals surface area contributed by atoms with Gasteiger partial charge in [-0.1, -0.05) is 48.6 Å². The summed E-state index contributed by atoms with van der Waals surface area (Å²) in [6, 6.07) is 21.4. The van der Waals surface area contributed by atoms with Gasteiger partial charge in [0, 0.05) is 5.56 Å². The van der Waals surface area contributed by atoms with E-state index in [9.17, 15) is 4.79 Å². The highest BCUT2D eigenvalue weighted by atomic mass is 32.1. The fraction of sp³-hybridized carbons (Fsp3) is 0.174. The van der Waals surface area contributed by atoms with Crippen LogP contribution < -0.4 is 14.8 Å². The number of amides is 1. The lowest BCUT2D eigenvalue weighted by Gasteiger charge is -2.16. The maximum atomic E-state index is 12.7. The predicted molar refractivity (Wildman–Crippen MR) is 119 cm³/mol. The van der Waals surface area contributed by atoms with Crippen LogP contribution in [0, 0.1) is 0 Å². The molecule has 0 aliphatic carbocycles. The van der Waals surface area contributed by atoms with Crippen molar-refractivity contribution in [2.24, 2.45) is 0 Å². The number of fused-ring (bicyclic) bond motifs is 1. The molecule has 30 heavy (non-hydrogen) atoms. The van der Waals surface area contributed by atoms with E-state index in [1.807, 2.05) is 73.7 Å². The molecule has 0 aliphatic rings. The summed E-state index contributed by atoms with van der Waals surface area (Å²) < 4.78 is 11.1. The van der Waals surface area contributed by atoms with E-state index in [2.05, 4.69) is 15.5 Å². The Morgan fingerprint density at radius 2 is 1.73 bits per heavy atom. The predicted octanol–water partition coefficient (Wildman–Crippen LogP) is 5.16. The second-order valence-corrected chi connectivity index (χ2v) is 7.63. The topological polar surface area (TPSA) is 73.3 Å². The standard InChI is InChI=1S/C23H21N3O3S/c1-3-20(29-19-13-8-15-6-4-5-7-17(15)14-19)21(27)24-23-26-25-22(30-23)16-9-11-18(28-2)12-10-16/h4-14,20H,3H2,1-2H3,(H,24,26,27). The Morgan fingerprint density at radius 1 is 1.00 bits per heavy atom. The Morgan fingerprint density at radius 3 is 2.47 bits per heavy atom. The van der Waals surface area contributed by atoms with Gasteiger partial charge in [-0.05, 0) is 53.6 Å². The Labute approximate surface area is 178 Å². The largest absolute Gasteiger partial charge is 0.497 e. The fourth-order valence-electron chi connectivity index (χ4n) is 3.04. The van der Waals surface area contributed by atoms with Crippen molar-refractivity contribution >= 4 is 33.1 Å². The van der Waals surface area contributed by atoms with Crippen LogP contribution in [0.5, 0.6) is 11.5 Å². The SMILES string of the molecule is CCC(Oc1ccc2ccccc2c1)C(=O)Nc1nnc(-c2ccc(OC)cc2)s1. The Hall–Kier alpha value is -3.45. The lowest BCUT2D eigenvalue weighted by molar-refractivity contribution is -0.122. The van der Waals surface area contributed by atoms with E-state index in [0.29, 0.717) is 17.3 Å². The van der Waals surface area contributed by atoms with Gasteiger partial charge in [-0.2, -0.15) is 0 Å². The van der Waals surface area contributed by atoms with Crippen LogP contribution in [-0.4, -0.2) is 29.3 Å². The van der Waals surface area contributed by atoms with Crippen molar-refractivity contribution in [2.45, 2.75) is 19.4 Å². The number of nitrogens with one attached hydrogen (secondary N) is 1. The molecule has 152 valence electrons. The first-order valence-electron chi connectivity index (χ1n) is 9.60. The van der Waals surface area contributed by atoms with Crippen LogP contribution in [0.2, 0.25) is 0 Å². The summed E-state index contributed by atoms with van der Waals surface area (Å²) in [6.07, 6.45) is -0.0949. The molecule has 0 aliphatic heterocycles. The number of hydrogen-bond donors (Lipinski definition) is 1. The molecule has 0 fully saturated rings. The van der Waals surface area contributed by atoms with Crippen molar-refractivity contribution < 1.29 is 14.3 Å². The number of carbonyl (C=O) groups excluding carboxylic acids is 1. The number of ether oxygens (including phenoxy) is 2. The van der Waals surface area contributed by atoms with E-state index in [-0.39, 0.29) is 5.91 Å². The third-order valence-corrected chi connectivity index (χ3v) is 5.54. The van der Waals surface area contributed by atoms with E-state index in [1.165, 1.54) is 11.3 Å². The molecule has 1 unspecified atom stereocenters. The van der Waals surface area contributed by atoms with Crippen molar-refractivity contribution in [1.82, 2.24) is 10.2 Å². The molecule has 1 aromatic heterocycles. The first-order chi connectivity index (χ1) is 14.7. The minimum Gasteiger partial charge on any atom is -0.497 e. The second kappa shape index (κ2) is 8.92. The minimum absolute atomic E-state index is 0.247. The molecule has 0 radical (unpaired) electrons. The van der Waals surface area contributed by atoms with Crippen LogP contribution in [-0.2, 0) is 4.79 Å². The lowest BCUT2D eigenvalue weighted by atomic mass is 10.1. The third-order valence-electron chi connectivity index (χ3n) is 4.65. The first kappa shape index (κ1) is 19.8. The van der Waals surface area contributed by atoms with Crippen molar-refractivity contribution in [2.75, 3.05) is 12.4 Å². The second-order valence-electron chi connectivity index (χ2n) is 6.65. The molecule has 3 aromatic carbocycles. The number of carbonyl (C=O) groups is 1. The molecule has 0 bridgehead atoms. The number of methoxy groups -OCH3 is 1. The van der Waals surface area contributed by atoms with Crippen molar-refractivity contribution in [3.63, 3.8) is 0 Å². The molecule has 0 saturated heterocycles. The number of nitrogens with zero attached hydrogens (tertiary/aromatic N) is 2. The van der Waals surface area contributed by atoms with E-state index in [0.717, 1.165) is 27.1 Å². The molecule has 1 amide bonds. The highest BCUT2D eigenvalue weighted by Crippen LogP contribution is 2.28. The molecule has 1 heterocycles. The van der Waals surface area contributed by atoms with Crippen molar-refractivity contribution in [1.29, 1.82) is 0 Å². The maximum absolute atomic E-state index is 12.7. The number of rotatable bonds is 7. The van der Waals surface area contributed by atoms with Gasteiger partial charge in [-0.3, -0.25) is 10.1 Å². The number of aromatic nitrogens is 2. The van der Waals surface area contributed by atoms with Crippen LogP contribution in [0.15, 0.2) is 66.7 Å². The van der Waals surface area contributed by atoms with Crippen LogP contribution >= 0.6 is 11.3 Å². The summed E-state index contributed by atoms with van der Waals surface area (Å²) in [5.74, 6) is 1.18. The molecular weight excluding hydrogens is 398 g/mol. The van der Waals surface area contributed by atoms with Gasteiger partial charge in [0.2, 0.25) is 5.13 Å². The van der Waals surface area contributed by atoms with Gasteiger partial charge in [-0.15, -0.1) is 10.2 Å². The highest BCUT2D eigenvalue weighted by Gasteiger charge is 2.20. The number of benzene rings is 3. The smallest absolute Gasteiger partial charge is 0.267 e. The maximum Gasteiger partial charge on any atom is 0.267 e. The molecule has 0 saturated carbocycles. The van der Waals surface area contributed by atoms with Gasteiger partial charge in [-0.25, -0.2) is 0 Å². The summed E-state index contributed by atoms with van der Waals surface area (Å²) in [6.45, 7) is 1.91. The van der Waals surface area contributed by atoms with Crippen molar-refractivity contribution in [3.05, 3.63) is 66.7 Å². The van der Waals surface area contributed by atoms with Gasteiger partial charge in [0.1, 0.15) is 16.5 Å². The lowest BCUT2D eigenvalue weighted by Crippen LogP contribution is -2.32.